The lowest BCUT2D eigenvalue weighted by atomic mass is 9.84. The summed E-state index contributed by atoms with van der Waals surface area (Å²) >= 11 is 0. The van der Waals surface area contributed by atoms with E-state index in [2.05, 4.69) is 15.5 Å². The third-order valence-corrected chi connectivity index (χ3v) is 7.48. The predicted molar refractivity (Wildman–Crippen MR) is 123 cm³/mol. The van der Waals surface area contributed by atoms with Crippen LogP contribution in [0.3, 0.4) is 0 Å². The van der Waals surface area contributed by atoms with Gasteiger partial charge in [-0.15, -0.1) is 0 Å². The van der Waals surface area contributed by atoms with Gasteiger partial charge < -0.3 is 10.2 Å². The van der Waals surface area contributed by atoms with Crippen LogP contribution in [0.2, 0.25) is 0 Å². The molecule has 2 saturated carbocycles. The number of anilines is 1. The molecule has 4 aliphatic rings. The van der Waals surface area contributed by atoms with Crippen LogP contribution in [0.15, 0.2) is 18.2 Å². The standard InChI is InChI=1S/C25H30N4O5/c1-2-26-22(31)14-6-8-15(9-7-14)28(16-10-11-16)18-5-3-4-17-21(18)25(34)29(24(17)33)19-12-13-20(30)27-23(19)32/h3-5,14-16,19H,2,6-13H2,1H3,(H,26,31)(H,27,30,32). The van der Waals surface area contributed by atoms with Gasteiger partial charge in [-0.25, -0.2) is 0 Å². The zero-order chi connectivity index (χ0) is 24.0. The van der Waals surface area contributed by atoms with Gasteiger partial charge in [0.1, 0.15) is 6.04 Å². The number of imide groups is 2. The van der Waals surface area contributed by atoms with Crippen LogP contribution in [0, 0.1) is 5.92 Å². The molecule has 2 N–H and O–H groups in total. The SMILES string of the molecule is CCNC(=O)C1CCC(N(c2cccc3c2C(=O)N(C2CCC(=O)NC2=O)C3=O)C2CC2)CC1. The molecule has 180 valence electrons. The van der Waals surface area contributed by atoms with Crippen LogP contribution in [0.25, 0.3) is 0 Å². The Balaban J connectivity index is 1.41. The summed E-state index contributed by atoms with van der Waals surface area (Å²) in [6.07, 6.45) is 5.58. The Labute approximate surface area is 198 Å². The van der Waals surface area contributed by atoms with Gasteiger partial charge in [0.15, 0.2) is 0 Å². The molecular formula is C25H30N4O5. The minimum absolute atomic E-state index is 0.0185. The van der Waals surface area contributed by atoms with Crippen molar-refractivity contribution in [1.29, 1.82) is 0 Å². The summed E-state index contributed by atoms with van der Waals surface area (Å²) < 4.78 is 0. The van der Waals surface area contributed by atoms with E-state index < -0.39 is 23.8 Å². The van der Waals surface area contributed by atoms with Gasteiger partial charge in [0.2, 0.25) is 17.7 Å². The normalized spacial score (nSPS) is 26.9. The summed E-state index contributed by atoms with van der Waals surface area (Å²) in [5.74, 6) is -1.80. The van der Waals surface area contributed by atoms with Crippen molar-refractivity contribution in [3.63, 3.8) is 0 Å². The number of piperidine rings is 1. The largest absolute Gasteiger partial charge is 0.365 e. The monoisotopic (exact) mass is 466 g/mol. The minimum Gasteiger partial charge on any atom is -0.365 e. The lowest BCUT2D eigenvalue weighted by molar-refractivity contribution is -0.136. The number of hydrogen-bond donors (Lipinski definition) is 2. The van der Waals surface area contributed by atoms with Gasteiger partial charge in [0.05, 0.1) is 16.8 Å². The topological polar surface area (TPSA) is 116 Å². The molecule has 2 aliphatic heterocycles. The maximum absolute atomic E-state index is 13.6. The lowest BCUT2D eigenvalue weighted by Gasteiger charge is -2.39. The number of nitrogens with one attached hydrogen (secondary N) is 2. The molecule has 1 saturated heterocycles. The Morgan fingerprint density at radius 1 is 1.00 bits per heavy atom. The van der Waals surface area contributed by atoms with E-state index in [4.69, 9.17) is 0 Å². The molecule has 2 aliphatic carbocycles. The highest BCUT2D eigenvalue weighted by molar-refractivity contribution is 6.25. The zero-order valence-electron chi connectivity index (χ0n) is 19.3. The van der Waals surface area contributed by atoms with Crippen molar-refractivity contribution in [2.45, 2.75) is 76.4 Å². The summed E-state index contributed by atoms with van der Waals surface area (Å²) in [4.78, 5) is 66.4. The number of nitrogens with zero attached hydrogens (tertiary/aromatic N) is 2. The Morgan fingerprint density at radius 3 is 2.29 bits per heavy atom. The first-order valence-corrected chi connectivity index (χ1v) is 12.3. The van der Waals surface area contributed by atoms with Crippen molar-refractivity contribution < 1.29 is 24.0 Å². The molecule has 9 heteroatoms. The first-order valence-electron chi connectivity index (χ1n) is 12.3. The number of hydrogen-bond acceptors (Lipinski definition) is 6. The highest BCUT2D eigenvalue weighted by Crippen LogP contribution is 2.43. The zero-order valence-corrected chi connectivity index (χ0v) is 19.3. The van der Waals surface area contributed by atoms with Crippen LogP contribution in [0.4, 0.5) is 5.69 Å². The Morgan fingerprint density at radius 2 is 1.68 bits per heavy atom. The summed E-state index contributed by atoms with van der Waals surface area (Å²) in [6, 6.07) is 4.86. The van der Waals surface area contributed by atoms with E-state index in [0.29, 0.717) is 23.7 Å². The fraction of sp³-hybridized carbons (Fsp3) is 0.560. The van der Waals surface area contributed by atoms with E-state index in [9.17, 15) is 24.0 Å². The van der Waals surface area contributed by atoms with E-state index in [-0.39, 0.29) is 36.6 Å². The maximum atomic E-state index is 13.6. The molecule has 0 spiro atoms. The van der Waals surface area contributed by atoms with Crippen LogP contribution in [-0.2, 0) is 14.4 Å². The van der Waals surface area contributed by atoms with Crippen LogP contribution < -0.4 is 15.5 Å². The molecular weight excluding hydrogens is 436 g/mol. The Hall–Kier alpha value is -3.23. The molecule has 2 heterocycles. The van der Waals surface area contributed by atoms with Gasteiger partial charge in [0.25, 0.3) is 11.8 Å². The Kier molecular flexibility index (Phi) is 5.87. The fourth-order valence-corrected chi connectivity index (χ4v) is 5.69. The van der Waals surface area contributed by atoms with E-state index in [1.165, 1.54) is 0 Å². The van der Waals surface area contributed by atoms with Crippen LogP contribution in [0.5, 0.6) is 0 Å². The average Bonchev–Trinajstić information content (AvgIpc) is 3.62. The first kappa shape index (κ1) is 22.6. The van der Waals surface area contributed by atoms with Crippen molar-refractivity contribution in [2.75, 3.05) is 11.4 Å². The van der Waals surface area contributed by atoms with Crippen molar-refractivity contribution in [2.24, 2.45) is 5.92 Å². The summed E-state index contributed by atoms with van der Waals surface area (Å²) in [6.45, 7) is 2.55. The number of rotatable bonds is 6. The lowest BCUT2D eigenvalue weighted by Crippen LogP contribution is -2.54. The van der Waals surface area contributed by atoms with Crippen molar-refractivity contribution in [3.05, 3.63) is 29.3 Å². The van der Waals surface area contributed by atoms with Crippen molar-refractivity contribution >= 4 is 35.2 Å². The molecule has 0 aromatic heterocycles. The van der Waals surface area contributed by atoms with Crippen molar-refractivity contribution in [1.82, 2.24) is 15.5 Å². The third kappa shape index (κ3) is 3.86. The quantitative estimate of drug-likeness (QED) is 0.617. The Bertz CT molecular complexity index is 1060. The van der Waals surface area contributed by atoms with Gasteiger partial charge >= 0.3 is 0 Å². The van der Waals surface area contributed by atoms with Crippen molar-refractivity contribution in [3.8, 4) is 0 Å². The molecule has 5 amide bonds. The molecule has 0 bridgehead atoms. The highest BCUT2D eigenvalue weighted by Gasteiger charge is 2.47. The number of fused-ring (bicyclic) bond motifs is 1. The van der Waals surface area contributed by atoms with E-state index in [1.54, 1.807) is 12.1 Å². The summed E-state index contributed by atoms with van der Waals surface area (Å²) in [5, 5.41) is 5.17. The van der Waals surface area contributed by atoms with E-state index in [0.717, 1.165) is 49.1 Å². The smallest absolute Gasteiger partial charge is 0.264 e. The van der Waals surface area contributed by atoms with E-state index in [1.807, 2.05) is 13.0 Å². The fourth-order valence-electron chi connectivity index (χ4n) is 5.69. The van der Waals surface area contributed by atoms with Gasteiger partial charge in [-0.2, -0.15) is 0 Å². The number of benzene rings is 1. The van der Waals surface area contributed by atoms with Gasteiger partial charge in [-0.3, -0.25) is 34.2 Å². The van der Waals surface area contributed by atoms with Gasteiger partial charge in [-0.05, 0) is 64.0 Å². The van der Waals surface area contributed by atoms with Crippen LogP contribution >= 0.6 is 0 Å². The van der Waals surface area contributed by atoms with Crippen LogP contribution in [0.1, 0.15) is 79.0 Å². The summed E-state index contributed by atoms with van der Waals surface area (Å²) in [5.41, 5.74) is 1.42. The number of amides is 5. The number of carbonyl (C=O) groups is 5. The number of carbonyl (C=O) groups excluding carboxylic acids is 5. The molecule has 0 radical (unpaired) electrons. The third-order valence-electron chi connectivity index (χ3n) is 7.48. The summed E-state index contributed by atoms with van der Waals surface area (Å²) in [7, 11) is 0. The van der Waals surface area contributed by atoms with Gasteiger partial charge in [-0.1, -0.05) is 6.07 Å². The molecule has 34 heavy (non-hydrogen) atoms. The molecule has 3 fully saturated rings. The second-order valence-corrected chi connectivity index (χ2v) is 9.69. The predicted octanol–water partition coefficient (Wildman–Crippen LogP) is 1.75. The highest BCUT2D eigenvalue weighted by atomic mass is 16.2. The molecule has 9 nitrogen and oxygen atoms in total. The second-order valence-electron chi connectivity index (χ2n) is 9.69. The first-order chi connectivity index (χ1) is 16.4. The molecule has 5 rings (SSSR count). The second kappa shape index (κ2) is 8.85. The maximum Gasteiger partial charge on any atom is 0.264 e. The molecule has 1 aromatic carbocycles. The molecule has 1 aromatic rings. The van der Waals surface area contributed by atoms with Crippen LogP contribution in [-0.4, -0.2) is 59.1 Å². The minimum atomic E-state index is -0.972. The van der Waals surface area contributed by atoms with E-state index >= 15 is 0 Å². The molecule has 1 unspecified atom stereocenters. The van der Waals surface area contributed by atoms with Gasteiger partial charge in [0, 0.05) is 31.0 Å². The average molecular weight is 467 g/mol. The molecule has 1 atom stereocenters.